The van der Waals surface area contributed by atoms with E-state index in [0.717, 1.165) is 37.1 Å². The minimum absolute atomic E-state index is 0.122. The van der Waals surface area contributed by atoms with Crippen molar-refractivity contribution in [2.75, 3.05) is 13.1 Å². The van der Waals surface area contributed by atoms with E-state index in [1.807, 2.05) is 30.3 Å². The Morgan fingerprint density at radius 2 is 1.72 bits per heavy atom. The van der Waals surface area contributed by atoms with E-state index in [-0.39, 0.29) is 17.7 Å². The second kappa shape index (κ2) is 8.44. The summed E-state index contributed by atoms with van der Waals surface area (Å²) in [6.07, 6.45) is 5.04. The van der Waals surface area contributed by atoms with Gasteiger partial charge in [0.05, 0.1) is 6.21 Å². The standard InChI is InChI=1S/C20H23N3O2/c24-18-11-9-16(10-12-18)15-21-22-20(25)19(17-7-3-1-4-8-17)23-13-5-2-6-14-23/h1,3-4,7-12,15,19,24H,2,5-6,13-14H2,(H,22,25)/b21-15+. The van der Waals surface area contributed by atoms with Crippen LogP contribution in [0.5, 0.6) is 5.75 Å². The largest absolute Gasteiger partial charge is 0.508 e. The van der Waals surface area contributed by atoms with E-state index in [1.54, 1.807) is 30.5 Å². The highest BCUT2D eigenvalue weighted by atomic mass is 16.3. The third-order valence-corrected chi connectivity index (χ3v) is 4.40. The summed E-state index contributed by atoms with van der Waals surface area (Å²) < 4.78 is 0. The number of hydrogen-bond acceptors (Lipinski definition) is 4. The number of nitrogens with one attached hydrogen (secondary N) is 1. The van der Waals surface area contributed by atoms with E-state index >= 15 is 0 Å². The molecule has 0 bridgehead atoms. The Morgan fingerprint density at radius 3 is 2.40 bits per heavy atom. The van der Waals surface area contributed by atoms with Crippen molar-refractivity contribution >= 4 is 12.1 Å². The molecule has 130 valence electrons. The molecule has 0 radical (unpaired) electrons. The van der Waals surface area contributed by atoms with Crippen LogP contribution in [0.25, 0.3) is 0 Å². The van der Waals surface area contributed by atoms with Crippen molar-refractivity contribution in [1.29, 1.82) is 0 Å². The lowest BCUT2D eigenvalue weighted by Crippen LogP contribution is -2.41. The first-order chi connectivity index (χ1) is 12.2. The molecule has 2 aromatic rings. The Bertz CT molecular complexity index is 707. The number of amides is 1. The molecule has 1 heterocycles. The van der Waals surface area contributed by atoms with Gasteiger partial charge in [-0.25, -0.2) is 5.43 Å². The fourth-order valence-electron chi connectivity index (χ4n) is 3.13. The van der Waals surface area contributed by atoms with E-state index in [1.165, 1.54) is 6.42 Å². The predicted molar refractivity (Wildman–Crippen MR) is 98.5 cm³/mol. The van der Waals surface area contributed by atoms with Gasteiger partial charge in [0.15, 0.2) is 0 Å². The first kappa shape index (κ1) is 17.2. The first-order valence-electron chi connectivity index (χ1n) is 8.65. The Balaban J connectivity index is 1.71. The molecule has 0 aliphatic carbocycles. The number of phenolic OH excluding ortho intramolecular Hbond substituents is 1. The van der Waals surface area contributed by atoms with Gasteiger partial charge in [0, 0.05) is 0 Å². The summed E-state index contributed by atoms with van der Waals surface area (Å²) >= 11 is 0. The van der Waals surface area contributed by atoms with Crippen LogP contribution in [0.1, 0.15) is 36.4 Å². The quantitative estimate of drug-likeness (QED) is 0.651. The second-order valence-electron chi connectivity index (χ2n) is 6.24. The number of benzene rings is 2. The van der Waals surface area contributed by atoms with Crippen molar-refractivity contribution < 1.29 is 9.90 Å². The molecule has 0 saturated carbocycles. The molecular formula is C20H23N3O2. The van der Waals surface area contributed by atoms with Gasteiger partial charge in [-0.2, -0.15) is 5.10 Å². The van der Waals surface area contributed by atoms with Crippen molar-refractivity contribution in [2.24, 2.45) is 5.10 Å². The number of hydrazone groups is 1. The molecule has 0 aromatic heterocycles. The molecular weight excluding hydrogens is 314 g/mol. The van der Waals surface area contributed by atoms with Crippen LogP contribution in [0, 0.1) is 0 Å². The zero-order valence-electron chi connectivity index (χ0n) is 14.1. The van der Waals surface area contributed by atoms with Crippen LogP contribution in [-0.4, -0.2) is 35.2 Å². The highest BCUT2D eigenvalue weighted by Crippen LogP contribution is 2.24. The number of likely N-dealkylation sites (tertiary alicyclic amines) is 1. The Morgan fingerprint density at radius 1 is 1.04 bits per heavy atom. The Hall–Kier alpha value is -2.66. The molecule has 1 saturated heterocycles. The third kappa shape index (κ3) is 4.67. The van der Waals surface area contributed by atoms with Crippen LogP contribution in [0.4, 0.5) is 0 Å². The van der Waals surface area contributed by atoms with Gasteiger partial charge in [-0.1, -0.05) is 36.8 Å². The van der Waals surface area contributed by atoms with Gasteiger partial charge >= 0.3 is 0 Å². The van der Waals surface area contributed by atoms with Gasteiger partial charge in [-0.05, 0) is 61.3 Å². The van der Waals surface area contributed by atoms with Gasteiger partial charge in [-0.15, -0.1) is 0 Å². The molecule has 1 aliphatic heterocycles. The van der Waals surface area contributed by atoms with Crippen LogP contribution in [0.2, 0.25) is 0 Å². The molecule has 5 nitrogen and oxygen atoms in total. The SMILES string of the molecule is O=C(N/N=C/c1ccc(O)cc1)C(c1ccccc1)N1CCCCC1. The van der Waals surface area contributed by atoms with Crippen LogP contribution in [0.3, 0.4) is 0 Å². The number of piperidine rings is 1. The molecule has 25 heavy (non-hydrogen) atoms. The van der Waals surface area contributed by atoms with Crippen LogP contribution < -0.4 is 5.43 Å². The van der Waals surface area contributed by atoms with Crippen LogP contribution >= 0.6 is 0 Å². The zero-order valence-corrected chi connectivity index (χ0v) is 14.1. The fraction of sp³-hybridized carbons (Fsp3) is 0.300. The van der Waals surface area contributed by atoms with Crippen molar-refractivity contribution in [1.82, 2.24) is 10.3 Å². The number of carbonyl (C=O) groups excluding carboxylic acids is 1. The highest BCUT2D eigenvalue weighted by Gasteiger charge is 2.28. The van der Waals surface area contributed by atoms with E-state index in [2.05, 4.69) is 15.4 Å². The van der Waals surface area contributed by atoms with E-state index in [0.29, 0.717) is 0 Å². The minimum Gasteiger partial charge on any atom is -0.508 e. The Kier molecular flexibility index (Phi) is 5.80. The molecule has 1 unspecified atom stereocenters. The van der Waals surface area contributed by atoms with Gasteiger partial charge in [0.25, 0.3) is 5.91 Å². The van der Waals surface area contributed by atoms with Gasteiger partial charge in [-0.3, -0.25) is 9.69 Å². The molecule has 2 aromatic carbocycles. The smallest absolute Gasteiger partial charge is 0.262 e. The van der Waals surface area contributed by atoms with Crippen molar-refractivity contribution in [3.63, 3.8) is 0 Å². The molecule has 3 rings (SSSR count). The number of rotatable bonds is 5. The minimum atomic E-state index is -0.321. The number of hydrogen-bond donors (Lipinski definition) is 2. The maximum absolute atomic E-state index is 12.8. The summed E-state index contributed by atoms with van der Waals surface area (Å²) in [5, 5.41) is 13.4. The molecule has 1 aliphatic rings. The van der Waals surface area contributed by atoms with Crippen molar-refractivity contribution in [3.8, 4) is 5.75 Å². The maximum Gasteiger partial charge on any atom is 0.262 e. The van der Waals surface area contributed by atoms with Crippen LogP contribution in [0.15, 0.2) is 59.7 Å². The molecule has 2 N–H and O–H groups in total. The average molecular weight is 337 g/mol. The molecule has 1 fully saturated rings. The van der Waals surface area contributed by atoms with Gasteiger partial charge < -0.3 is 5.11 Å². The average Bonchev–Trinajstić information content (AvgIpc) is 2.65. The van der Waals surface area contributed by atoms with Gasteiger partial charge in [0.1, 0.15) is 11.8 Å². The number of carbonyl (C=O) groups is 1. The number of phenols is 1. The lowest BCUT2D eigenvalue weighted by molar-refractivity contribution is -0.127. The molecule has 1 atom stereocenters. The summed E-state index contributed by atoms with van der Waals surface area (Å²) in [5.74, 6) is 0.0820. The van der Waals surface area contributed by atoms with E-state index < -0.39 is 0 Å². The summed E-state index contributed by atoms with van der Waals surface area (Å²) in [6, 6.07) is 16.2. The first-order valence-corrected chi connectivity index (χ1v) is 8.65. The summed E-state index contributed by atoms with van der Waals surface area (Å²) in [6.45, 7) is 1.85. The monoisotopic (exact) mass is 337 g/mol. The molecule has 0 spiro atoms. The summed E-state index contributed by atoms with van der Waals surface area (Å²) in [5.41, 5.74) is 4.47. The maximum atomic E-state index is 12.8. The normalized spacial score (nSPS) is 16.6. The zero-order chi connectivity index (χ0) is 17.5. The fourth-order valence-corrected chi connectivity index (χ4v) is 3.13. The van der Waals surface area contributed by atoms with E-state index in [9.17, 15) is 9.90 Å². The topological polar surface area (TPSA) is 64.9 Å². The second-order valence-corrected chi connectivity index (χ2v) is 6.24. The van der Waals surface area contributed by atoms with E-state index in [4.69, 9.17) is 0 Å². The number of aromatic hydroxyl groups is 1. The molecule has 1 amide bonds. The summed E-state index contributed by atoms with van der Waals surface area (Å²) in [4.78, 5) is 15.0. The lowest BCUT2D eigenvalue weighted by atomic mass is 10.0. The van der Waals surface area contributed by atoms with Gasteiger partial charge in [0.2, 0.25) is 0 Å². The summed E-state index contributed by atoms with van der Waals surface area (Å²) in [7, 11) is 0. The predicted octanol–water partition coefficient (Wildman–Crippen LogP) is 3.07. The third-order valence-electron chi connectivity index (χ3n) is 4.40. The number of nitrogens with zero attached hydrogens (tertiary/aromatic N) is 2. The van der Waals surface area contributed by atoms with Crippen molar-refractivity contribution in [2.45, 2.75) is 25.3 Å². The Labute approximate surface area is 148 Å². The highest BCUT2D eigenvalue weighted by molar-refractivity contribution is 5.85. The van der Waals surface area contributed by atoms with Crippen LogP contribution in [-0.2, 0) is 4.79 Å². The lowest BCUT2D eigenvalue weighted by Gasteiger charge is -2.33. The van der Waals surface area contributed by atoms with Crippen molar-refractivity contribution in [3.05, 3.63) is 65.7 Å². The molecule has 5 heteroatoms.